The SMILES string of the molecule is C[C@@H](c1ncc(-c2ccc(I)cc2F)[nH]1)N1C(=O)N[C@H](c2ccc(OCCO)cc2)C1=O. The lowest BCUT2D eigenvalue weighted by Crippen LogP contribution is -2.34. The first-order chi connectivity index (χ1) is 15.4. The summed E-state index contributed by atoms with van der Waals surface area (Å²) >= 11 is 2.03. The predicted molar refractivity (Wildman–Crippen MR) is 122 cm³/mol. The molecule has 2 heterocycles. The van der Waals surface area contributed by atoms with Crippen LogP contribution < -0.4 is 10.1 Å². The van der Waals surface area contributed by atoms with Crippen molar-refractivity contribution in [1.82, 2.24) is 20.2 Å². The van der Waals surface area contributed by atoms with Gasteiger partial charge in [0, 0.05) is 9.13 Å². The van der Waals surface area contributed by atoms with Gasteiger partial charge in [-0.1, -0.05) is 12.1 Å². The highest BCUT2D eigenvalue weighted by atomic mass is 127. The highest BCUT2D eigenvalue weighted by Crippen LogP contribution is 2.31. The van der Waals surface area contributed by atoms with Crippen molar-refractivity contribution in [3.05, 3.63) is 69.4 Å². The van der Waals surface area contributed by atoms with Gasteiger partial charge >= 0.3 is 6.03 Å². The van der Waals surface area contributed by atoms with Crippen molar-refractivity contribution in [3.8, 4) is 17.0 Å². The van der Waals surface area contributed by atoms with E-state index in [4.69, 9.17) is 9.84 Å². The minimum absolute atomic E-state index is 0.101. The van der Waals surface area contributed by atoms with Gasteiger partial charge in [-0.3, -0.25) is 9.69 Å². The molecule has 1 saturated heterocycles. The lowest BCUT2D eigenvalue weighted by Gasteiger charge is -2.19. The number of hydrogen-bond acceptors (Lipinski definition) is 5. The molecule has 2 atom stereocenters. The first-order valence-corrected chi connectivity index (χ1v) is 10.9. The number of aromatic nitrogens is 2. The number of benzene rings is 2. The van der Waals surface area contributed by atoms with E-state index in [9.17, 15) is 14.0 Å². The van der Waals surface area contributed by atoms with Crippen molar-refractivity contribution in [2.24, 2.45) is 0 Å². The number of nitrogens with zero attached hydrogens (tertiary/aromatic N) is 2. The molecule has 0 radical (unpaired) electrons. The monoisotopic (exact) mass is 550 g/mol. The second-order valence-electron chi connectivity index (χ2n) is 7.21. The summed E-state index contributed by atoms with van der Waals surface area (Å²) in [6, 6.07) is 9.52. The van der Waals surface area contributed by atoms with Crippen LogP contribution in [0.4, 0.5) is 9.18 Å². The van der Waals surface area contributed by atoms with Crippen LogP contribution in [0.15, 0.2) is 48.7 Å². The van der Waals surface area contributed by atoms with E-state index < -0.39 is 24.0 Å². The summed E-state index contributed by atoms with van der Waals surface area (Å²) in [6.45, 7) is 1.75. The van der Waals surface area contributed by atoms with E-state index in [0.29, 0.717) is 28.4 Å². The third-order valence-corrected chi connectivity index (χ3v) is 5.82. The molecular formula is C22H20FIN4O4. The number of aliphatic hydroxyl groups excluding tert-OH is 1. The zero-order valence-corrected chi connectivity index (χ0v) is 19.2. The van der Waals surface area contributed by atoms with E-state index in [-0.39, 0.29) is 19.0 Å². The fourth-order valence-electron chi connectivity index (χ4n) is 3.52. The zero-order valence-electron chi connectivity index (χ0n) is 17.0. The van der Waals surface area contributed by atoms with Gasteiger partial charge in [0.25, 0.3) is 5.91 Å². The maximum absolute atomic E-state index is 14.3. The Labute approximate surface area is 196 Å². The molecule has 8 nitrogen and oxygen atoms in total. The van der Waals surface area contributed by atoms with Gasteiger partial charge < -0.3 is 20.1 Å². The number of imidazole rings is 1. The number of carbonyl (C=O) groups is 2. The van der Waals surface area contributed by atoms with Crippen LogP contribution in [0.3, 0.4) is 0 Å². The van der Waals surface area contributed by atoms with Gasteiger partial charge in [-0.05, 0) is 65.4 Å². The van der Waals surface area contributed by atoms with Crippen LogP contribution in [0.1, 0.15) is 30.4 Å². The lowest BCUT2D eigenvalue weighted by molar-refractivity contribution is -0.129. The molecule has 166 valence electrons. The van der Waals surface area contributed by atoms with E-state index in [1.807, 2.05) is 22.6 Å². The molecular weight excluding hydrogens is 530 g/mol. The Hall–Kier alpha value is -2.99. The van der Waals surface area contributed by atoms with Crippen molar-refractivity contribution in [2.45, 2.75) is 19.0 Å². The average Bonchev–Trinajstić information content (AvgIpc) is 3.37. The lowest BCUT2D eigenvalue weighted by atomic mass is 10.1. The average molecular weight is 550 g/mol. The minimum Gasteiger partial charge on any atom is -0.491 e. The number of halogens is 2. The molecule has 0 bridgehead atoms. The maximum Gasteiger partial charge on any atom is 0.325 e. The Morgan fingerprint density at radius 2 is 2.00 bits per heavy atom. The maximum atomic E-state index is 14.3. The minimum atomic E-state index is -0.833. The number of H-pyrrole nitrogens is 1. The molecule has 1 aliphatic rings. The van der Waals surface area contributed by atoms with Crippen molar-refractivity contribution in [3.63, 3.8) is 0 Å². The van der Waals surface area contributed by atoms with Crippen molar-refractivity contribution in [1.29, 1.82) is 0 Å². The topological polar surface area (TPSA) is 108 Å². The molecule has 2 aromatic carbocycles. The third kappa shape index (κ3) is 4.32. The van der Waals surface area contributed by atoms with Gasteiger partial charge in [0.15, 0.2) is 0 Å². The summed E-state index contributed by atoms with van der Waals surface area (Å²) in [5.41, 5.74) is 1.42. The highest BCUT2D eigenvalue weighted by molar-refractivity contribution is 14.1. The fraction of sp³-hybridized carbons (Fsp3) is 0.227. The van der Waals surface area contributed by atoms with Crippen LogP contribution >= 0.6 is 22.6 Å². The first-order valence-electron chi connectivity index (χ1n) is 9.86. The zero-order chi connectivity index (χ0) is 22.8. The Kier molecular flexibility index (Phi) is 6.42. The van der Waals surface area contributed by atoms with E-state index in [2.05, 4.69) is 15.3 Å². The molecule has 32 heavy (non-hydrogen) atoms. The van der Waals surface area contributed by atoms with Crippen LogP contribution in [0.5, 0.6) is 5.75 Å². The quantitative estimate of drug-likeness (QED) is 0.308. The number of carbonyl (C=O) groups excluding carboxylic acids is 2. The van der Waals surface area contributed by atoms with Gasteiger partial charge in [-0.25, -0.2) is 14.2 Å². The Balaban J connectivity index is 1.52. The number of imide groups is 1. The largest absolute Gasteiger partial charge is 0.491 e. The van der Waals surface area contributed by atoms with E-state index >= 15 is 0 Å². The molecule has 0 aliphatic carbocycles. The van der Waals surface area contributed by atoms with E-state index in [1.165, 1.54) is 12.3 Å². The molecule has 1 aromatic heterocycles. The van der Waals surface area contributed by atoms with Gasteiger partial charge in [0.05, 0.1) is 24.5 Å². The van der Waals surface area contributed by atoms with Crippen LogP contribution in [0.25, 0.3) is 11.3 Å². The number of aromatic amines is 1. The van der Waals surface area contributed by atoms with Gasteiger partial charge in [0.1, 0.15) is 30.0 Å². The van der Waals surface area contributed by atoms with Gasteiger partial charge in [-0.2, -0.15) is 0 Å². The summed E-state index contributed by atoms with van der Waals surface area (Å²) in [7, 11) is 0. The van der Waals surface area contributed by atoms with Crippen LogP contribution in [0.2, 0.25) is 0 Å². The number of nitrogens with one attached hydrogen (secondary N) is 2. The number of hydrogen-bond donors (Lipinski definition) is 3. The smallest absolute Gasteiger partial charge is 0.325 e. The Morgan fingerprint density at radius 1 is 1.25 bits per heavy atom. The summed E-state index contributed by atoms with van der Waals surface area (Å²) in [5, 5.41) is 11.5. The summed E-state index contributed by atoms with van der Waals surface area (Å²) in [6.07, 6.45) is 1.48. The molecule has 1 fully saturated rings. The highest BCUT2D eigenvalue weighted by Gasteiger charge is 2.42. The van der Waals surface area contributed by atoms with Gasteiger partial charge in [-0.15, -0.1) is 0 Å². The number of urea groups is 1. The van der Waals surface area contributed by atoms with Crippen LogP contribution in [0, 0.1) is 9.39 Å². The van der Waals surface area contributed by atoms with Crippen molar-refractivity contribution < 1.29 is 23.8 Å². The second kappa shape index (κ2) is 9.25. The number of rotatable bonds is 7. The summed E-state index contributed by atoms with van der Waals surface area (Å²) in [5.74, 6) is 0.122. The molecule has 3 aromatic rings. The molecule has 0 unspecified atom stereocenters. The first kappa shape index (κ1) is 22.2. The Morgan fingerprint density at radius 3 is 2.69 bits per heavy atom. The normalized spacial score (nSPS) is 16.9. The fourth-order valence-corrected chi connectivity index (χ4v) is 3.98. The molecule has 1 aliphatic heterocycles. The number of aliphatic hydroxyl groups is 1. The third-order valence-electron chi connectivity index (χ3n) is 5.14. The number of amides is 3. The summed E-state index contributed by atoms with van der Waals surface area (Å²) in [4.78, 5) is 34.0. The van der Waals surface area contributed by atoms with Crippen LogP contribution in [-0.2, 0) is 4.79 Å². The standard InChI is InChI=1S/C22H20FIN4O4/c1-12(20-25-11-18(26-20)16-7-4-14(24)10-17(16)23)28-21(30)19(27-22(28)31)13-2-5-15(6-3-13)32-9-8-29/h2-7,10-12,19,29H,8-9H2,1H3,(H,25,26)(H,27,31)/t12-,19+/m0/s1. The summed E-state index contributed by atoms with van der Waals surface area (Å²) < 4.78 is 20.4. The molecule has 4 rings (SSSR count). The van der Waals surface area contributed by atoms with Crippen LogP contribution in [-0.4, -0.2) is 45.1 Å². The predicted octanol–water partition coefficient (Wildman–Crippen LogP) is 3.55. The molecule has 3 amide bonds. The van der Waals surface area contributed by atoms with Crippen molar-refractivity contribution in [2.75, 3.05) is 13.2 Å². The molecule has 3 N–H and O–H groups in total. The van der Waals surface area contributed by atoms with E-state index in [0.717, 1.165) is 8.47 Å². The second-order valence-corrected chi connectivity index (χ2v) is 8.46. The number of ether oxygens (including phenoxy) is 1. The molecule has 0 saturated carbocycles. The Bertz CT molecular complexity index is 1150. The molecule has 10 heteroatoms. The van der Waals surface area contributed by atoms with Gasteiger partial charge in [0.2, 0.25) is 0 Å². The van der Waals surface area contributed by atoms with E-state index in [1.54, 1.807) is 43.3 Å². The van der Waals surface area contributed by atoms with Crippen molar-refractivity contribution >= 4 is 34.5 Å². The molecule has 0 spiro atoms.